The highest BCUT2D eigenvalue weighted by atomic mass is 127. The molecule has 20 heavy (non-hydrogen) atoms. The van der Waals surface area contributed by atoms with E-state index in [9.17, 15) is 13.6 Å². The van der Waals surface area contributed by atoms with Gasteiger partial charge in [0.15, 0.2) is 11.6 Å². The van der Waals surface area contributed by atoms with Crippen LogP contribution in [-0.2, 0) is 0 Å². The maximum atomic E-state index is 13.6. The predicted molar refractivity (Wildman–Crippen MR) is 98.9 cm³/mol. The number of halogens is 5. The number of benzene rings is 2. The van der Waals surface area contributed by atoms with E-state index in [4.69, 9.17) is 0 Å². The number of anilines is 1. The molecule has 0 aromatic heterocycles. The van der Waals surface area contributed by atoms with Crippen LogP contribution >= 0.6 is 67.8 Å². The average molecular weight is 611 g/mol. The highest BCUT2D eigenvalue weighted by Gasteiger charge is 2.17. The first-order chi connectivity index (χ1) is 9.40. The Morgan fingerprint density at radius 1 is 1.05 bits per heavy atom. The molecule has 0 aliphatic rings. The van der Waals surface area contributed by atoms with E-state index in [-0.39, 0.29) is 5.56 Å². The van der Waals surface area contributed by atoms with Crippen molar-refractivity contribution >= 4 is 79.4 Å². The van der Waals surface area contributed by atoms with Crippen LogP contribution in [0.3, 0.4) is 0 Å². The zero-order chi connectivity index (χ0) is 14.9. The zero-order valence-corrected chi connectivity index (χ0v) is 16.2. The highest BCUT2D eigenvalue weighted by molar-refractivity contribution is 14.1. The molecule has 0 aliphatic heterocycles. The predicted octanol–water partition coefficient (Wildman–Crippen LogP) is 5.03. The maximum Gasteiger partial charge on any atom is 0.258 e. The Hall–Kier alpha value is -0.0400. The minimum Gasteiger partial charge on any atom is -0.320 e. The first-order valence-corrected chi connectivity index (χ1v) is 8.53. The van der Waals surface area contributed by atoms with E-state index >= 15 is 0 Å². The molecule has 0 saturated carbocycles. The zero-order valence-electron chi connectivity index (χ0n) is 9.68. The Balaban J connectivity index is 2.36. The van der Waals surface area contributed by atoms with Crippen molar-refractivity contribution in [2.45, 2.75) is 0 Å². The third-order valence-corrected chi connectivity index (χ3v) is 4.77. The van der Waals surface area contributed by atoms with Crippen molar-refractivity contribution in [1.82, 2.24) is 0 Å². The fourth-order valence-corrected chi connectivity index (χ4v) is 5.37. The third-order valence-electron chi connectivity index (χ3n) is 2.44. The van der Waals surface area contributed by atoms with Crippen molar-refractivity contribution in [3.8, 4) is 0 Å². The summed E-state index contributed by atoms with van der Waals surface area (Å²) in [5, 5.41) is 2.63. The molecule has 0 heterocycles. The summed E-state index contributed by atoms with van der Waals surface area (Å²) in [5.74, 6) is -2.84. The van der Waals surface area contributed by atoms with Crippen LogP contribution in [0.25, 0.3) is 0 Å². The first kappa shape index (κ1) is 16.3. The summed E-state index contributed by atoms with van der Waals surface area (Å²) in [6.07, 6.45) is 0. The number of amides is 1. The van der Waals surface area contributed by atoms with Gasteiger partial charge in [-0.15, -0.1) is 0 Å². The maximum absolute atomic E-state index is 13.6. The Morgan fingerprint density at radius 2 is 1.65 bits per heavy atom. The first-order valence-electron chi connectivity index (χ1n) is 5.30. The van der Waals surface area contributed by atoms with Gasteiger partial charge in [0.25, 0.3) is 5.91 Å². The van der Waals surface area contributed by atoms with Crippen molar-refractivity contribution in [3.05, 3.63) is 58.2 Å². The van der Waals surface area contributed by atoms with Crippen LogP contribution in [0.5, 0.6) is 0 Å². The second-order valence-corrected chi connectivity index (χ2v) is 7.37. The molecule has 2 rings (SSSR count). The van der Waals surface area contributed by atoms with Crippen LogP contribution in [0.4, 0.5) is 14.5 Å². The third kappa shape index (κ3) is 3.59. The van der Waals surface area contributed by atoms with Crippen molar-refractivity contribution in [1.29, 1.82) is 0 Å². The lowest BCUT2D eigenvalue weighted by atomic mass is 10.2. The van der Waals surface area contributed by atoms with Gasteiger partial charge in [0, 0.05) is 10.7 Å². The van der Waals surface area contributed by atoms with Crippen molar-refractivity contribution < 1.29 is 13.6 Å². The van der Waals surface area contributed by atoms with Gasteiger partial charge in [-0.2, -0.15) is 0 Å². The minimum absolute atomic E-state index is 0.310. The average Bonchev–Trinajstić information content (AvgIpc) is 2.36. The number of hydrogen-bond acceptors (Lipinski definition) is 1. The lowest BCUT2D eigenvalue weighted by Gasteiger charge is -2.11. The molecule has 2 aromatic rings. The van der Waals surface area contributed by atoms with Gasteiger partial charge < -0.3 is 5.32 Å². The van der Waals surface area contributed by atoms with Crippen LogP contribution in [0.2, 0.25) is 0 Å². The molecule has 0 bridgehead atoms. The molecule has 2 nitrogen and oxygen atoms in total. The second-order valence-electron chi connectivity index (χ2n) is 3.80. The number of hydrogen-bond donors (Lipinski definition) is 1. The summed E-state index contributed by atoms with van der Waals surface area (Å²) in [5.41, 5.74) is 0.287. The molecule has 0 unspecified atom stereocenters. The minimum atomic E-state index is -1.14. The molecular weight excluding hydrogens is 605 g/mol. The highest BCUT2D eigenvalue weighted by Crippen LogP contribution is 2.28. The van der Waals surface area contributed by atoms with Gasteiger partial charge in [-0.1, -0.05) is 6.07 Å². The lowest BCUT2D eigenvalue weighted by Crippen LogP contribution is -2.16. The normalized spacial score (nSPS) is 10.4. The molecule has 1 amide bonds. The van der Waals surface area contributed by atoms with E-state index in [1.54, 1.807) is 0 Å². The number of rotatable bonds is 2. The number of carbonyl (C=O) groups is 1. The standard InChI is InChI=1S/C13H6F2I3NO/c14-8-3-1-2-7(11(8)15)13(20)19-12-9(17)4-6(16)5-10(12)18/h1-5H,(H,19,20). The van der Waals surface area contributed by atoms with Crippen LogP contribution in [0, 0.1) is 22.3 Å². The van der Waals surface area contributed by atoms with E-state index in [0.717, 1.165) is 16.8 Å². The summed E-state index contributed by atoms with van der Waals surface area (Å²) in [4.78, 5) is 12.1. The molecule has 0 radical (unpaired) electrons. The Bertz CT molecular complexity index is 668. The van der Waals surface area contributed by atoms with Gasteiger partial charge in [0.2, 0.25) is 0 Å². The quantitative estimate of drug-likeness (QED) is 0.475. The molecule has 0 spiro atoms. The summed E-state index contributed by atoms with van der Waals surface area (Å²) in [6, 6.07) is 7.31. The molecule has 2 aromatic carbocycles. The molecule has 104 valence electrons. The van der Waals surface area contributed by atoms with Crippen molar-refractivity contribution in [2.75, 3.05) is 5.32 Å². The fourth-order valence-electron chi connectivity index (χ4n) is 1.52. The van der Waals surface area contributed by atoms with Crippen LogP contribution < -0.4 is 5.32 Å². The van der Waals surface area contributed by atoms with E-state index in [2.05, 4.69) is 73.1 Å². The Morgan fingerprint density at radius 3 is 2.25 bits per heavy atom. The molecule has 0 fully saturated rings. The summed E-state index contributed by atoms with van der Waals surface area (Å²) < 4.78 is 29.4. The smallest absolute Gasteiger partial charge is 0.258 e. The van der Waals surface area contributed by atoms with Gasteiger partial charge in [-0.3, -0.25) is 4.79 Å². The van der Waals surface area contributed by atoms with Crippen LogP contribution in [0.15, 0.2) is 30.3 Å². The molecule has 0 saturated heterocycles. The molecule has 0 aliphatic carbocycles. The van der Waals surface area contributed by atoms with E-state index < -0.39 is 17.5 Å². The fraction of sp³-hybridized carbons (Fsp3) is 0. The van der Waals surface area contributed by atoms with Gasteiger partial charge in [-0.05, 0) is 92.0 Å². The summed E-state index contributed by atoms with van der Waals surface area (Å²) in [7, 11) is 0. The van der Waals surface area contributed by atoms with Crippen LogP contribution in [0.1, 0.15) is 10.4 Å². The lowest BCUT2D eigenvalue weighted by molar-refractivity contribution is 0.102. The molecular formula is C13H6F2I3NO. The van der Waals surface area contributed by atoms with E-state index in [1.165, 1.54) is 12.1 Å². The SMILES string of the molecule is O=C(Nc1c(I)cc(I)cc1I)c1cccc(F)c1F. The topological polar surface area (TPSA) is 29.1 Å². The summed E-state index contributed by atoms with van der Waals surface area (Å²) in [6.45, 7) is 0. The van der Waals surface area contributed by atoms with Crippen LogP contribution in [-0.4, -0.2) is 5.91 Å². The second kappa shape index (κ2) is 6.81. The summed E-state index contributed by atoms with van der Waals surface area (Å²) >= 11 is 6.35. The van der Waals surface area contributed by atoms with Gasteiger partial charge in [-0.25, -0.2) is 8.78 Å². The Labute approximate surface area is 155 Å². The molecule has 0 atom stereocenters. The number of carbonyl (C=O) groups excluding carboxylic acids is 1. The van der Waals surface area contributed by atoms with Gasteiger partial charge in [0.1, 0.15) is 0 Å². The van der Waals surface area contributed by atoms with Crippen molar-refractivity contribution in [2.24, 2.45) is 0 Å². The monoisotopic (exact) mass is 611 g/mol. The van der Waals surface area contributed by atoms with E-state index in [0.29, 0.717) is 5.69 Å². The Kier molecular flexibility index (Phi) is 5.56. The van der Waals surface area contributed by atoms with Crippen molar-refractivity contribution in [3.63, 3.8) is 0 Å². The van der Waals surface area contributed by atoms with Gasteiger partial charge in [0.05, 0.1) is 11.3 Å². The largest absolute Gasteiger partial charge is 0.320 e. The number of nitrogens with one attached hydrogen (secondary N) is 1. The van der Waals surface area contributed by atoms with Gasteiger partial charge >= 0.3 is 0 Å². The van der Waals surface area contributed by atoms with E-state index in [1.807, 2.05) is 12.1 Å². The molecule has 7 heteroatoms. The molecule has 1 N–H and O–H groups in total.